The average molecular weight is 409 g/mol. The molecule has 2 aliphatic heterocycles. The van der Waals surface area contributed by atoms with Crippen molar-refractivity contribution in [3.63, 3.8) is 0 Å². The van der Waals surface area contributed by atoms with Gasteiger partial charge in [0.25, 0.3) is 5.91 Å². The van der Waals surface area contributed by atoms with Crippen LogP contribution in [0.1, 0.15) is 27.6 Å². The van der Waals surface area contributed by atoms with Gasteiger partial charge in [0.15, 0.2) is 17.3 Å². The van der Waals surface area contributed by atoms with E-state index in [2.05, 4.69) is 5.32 Å². The van der Waals surface area contributed by atoms with Gasteiger partial charge in [0.05, 0.1) is 12.2 Å². The predicted molar refractivity (Wildman–Crippen MR) is 110 cm³/mol. The van der Waals surface area contributed by atoms with E-state index in [-0.39, 0.29) is 30.9 Å². The lowest BCUT2D eigenvalue weighted by Gasteiger charge is -2.34. The fraction of sp³-hybridized carbons (Fsp3) is 0.318. The third kappa shape index (κ3) is 4.28. The molecule has 2 aliphatic rings. The van der Waals surface area contributed by atoms with Crippen molar-refractivity contribution in [1.29, 1.82) is 0 Å². The minimum atomic E-state index is -0.223. The van der Waals surface area contributed by atoms with Gasteiger partial charge in [-0.1, -0.05) is 18.2 Å². The van der Waals surface area contributed by atoms with Gasteiger partial charge < -0.3 is 19.7 Å². The molecule has 0 spiro atoms. The number of piperazine rings is 1. The Hall–Kier alpha value is -3.39. The quantitative estimate of drug-likeness (QED) is 0.760. The number of hydrogen-bond acceptors (Lipinski definition) is 6. The number of fused-ring (bicyclic) bond motifs is 1. The molecule has 0 radical (unpaired) electrons. The SMILES string of the molecule is CC(=O)c1cc2c(cc1NC(=O)CN1CCN(C(=O)c3ccccc3)CC1)OCO2. The van der Waals surface area contributed by atoms with E-state index < -0.39 is 0 Å². The summed E-state index contributed by atoms with van der Waals surface area (Å²) < 4.78 is 10.6. The Morgan fingerprint density at radius 2 is 1.63 bits per heavy atom. The monoisotopic (exact) mass is 409 g/mol. The highest BCUT2D eigenvalue weighted by Crippen LogP contribution is 2.37. The lowest BCUT2D eigenvalue weighted by atomic mass is 10.1. The van der Waals surface area contributed by atoms with Crippen molar-refractivity contribution in [1.82, 2.24) is 9.80 Å². The predicted octanol–water partition coefficient (Wildman–Crippen LogP) is 2.01. The molecule has 2 aromatic carbocycles. The van der Waals surface area contributed by atoms with Crippen LogP contribution in [0.2, 0.25) is 0 Å². The normalized spacial score (nSPS) is 15.7. The summed E-state index contributed by atoms with van der Waals surface area (Å²) in [6.07, 6.45) is 0. The summed E-state index contributed by atoms with van der Waals surface area (Å²) in [4.78, 5) is 40.9. The summed E-state index contributed by atoms with van der Waals surface area (Å²) >= 11 is 0. The summed E-state index contributed by atoms with van der Waals surface area (Å²) in [5, 5.41) is 2.81. The van der Waals surface area contributed by atoms with E-state index in [1.165, 1.54) is 6.92 Å². The average Bonchev–Trinajstić information content (AvgIpc) is 3.21. The molecule has 0 aromatic heterocycles. The largest absolute Gasteiger partial charge is 0.454 e. The van der Waals surface area contributed by atoms with Crippen molar-refractivity contribution in [3.8, 4) is 11.5 Å². The number of carbonyl (C=O) groups is 3. The number of benzene rings is 2. The van der Waals surface area contributed by atoms with E-state index in [0.717, 1.165) is 0 Å². The maximum absolute atomic E-state index is 12.6. The summed E-state index contributed by atoms with van der Waals surface area (Å²) in [6, 6.07) is 12.4. The van der Waals surface area contributed by atoms with Crippen LogP contribution in [-0.2, 0) is 4.79 Å². The van der Waals surface area contributed by atoms with E-state index in [9.17, 15) is 14.4 Å². The van der Waals surface area contributed by atoms with Crippen molar-refractivity contribution in [2.75, 3.05) is 44.8 Å². The summed E-state index contributed by atoms with van der Waals surface area (Å²) in [6.45, 7) is 4.04. The zero-order valence-electron chi connectivity index (χ0n) is 16.7. The molecule has 2 heterocycles. The molecule has 0 atom stereocenters. The fourth-order valence-electron chi connectivity index (χ4n) is 3.60. The number of amides is 2. The second-order valence-electron chi connectivity index (χ2n) is 7.29. The van der Waals surface area contributed by atoms with Gasteiger partial charge in [-0.25, -0.2) is 0 Å². The maximum atomic E-state index is 12.6. The first kappa shape index (κ1) is 19.9. The zero-order chi connectivity index (χ0) is 21.1. The number of rotatable bonds is 5. The number of hydrogen-bond donors (Lipinski definition) is 1. The number of carbonyl (C=O) groups excluding carboxylic acids is 3. The fourth-order valence-corrected chi connectivity index (χ4v) is 3.60. The molecule has 0 unspecified atom stereocenters. The van der Waals surface area contributed by atoms with Crippen LogP contribution in [0.15, 0.2) is 42.5 Å². The van der Waals surface area contributed by atoms with Crippen molar-refractivity contribution in [2.24, 2.45) is 0 Å². The van der Waals surface area contributed by atoms with Gasteiger partial charge in [0.2, 0.25) is 12.7 Å². The Balaban J connectivity index is 1.34. The standard InChI is InChI=1S/C22H23N3O5/c1-15(26)17-11-19-20(30-14-29-19)12-18(17)23-21(27)13-24-7-9-25(10-8-24)22(28)16-5-3-2-4-6-16/h2-6,11-12H,7-10,13-14H2,1H3,(H,23,27). The van der Waals surface area contributed by atoms with Gasteiger partial charge in [-0.2, -0.15) is 0 Å². The first-order valence-corrected chi connectivity index (χ1v) is 9.82. The molecule has 0 bridgehead atoms. The summed E-state index contributed by atoms with van der Waals surface area (Å²) in [5.41, 5.74) is 1.46. The van der Waals surface area contributed by atoms with Crippen molar-refractivity contribution in [2.45, 2.75) is 6.92 Å². The van der Waals surface area contributed by atoms with Crippen LogP contribution in [0, 0.1) is 0 Å². The van der Waals surface area contributed by atoms with Gasteiger partial charge in [0, 0.05) is 43.4 Å². The molecule has 4 rings (SSSR count). The molecular formula is C22H23N3O5. The van der Waals surface area contributed by atoms with Gasteiger partial charge in [-0.3, -0.25) is 19.3 Å². The van der Waals surface area contributed by atoms with E-state index in [1.54, 1.807) is 29.2 Å². The Kier molecular flexibility index (Phi) is 5.67. The van der Waals surface area contributed by atoms with Crippen molar-refractivity contribution in [3.05, 3.63) is 53.6 Å². The molecule has 0 aliphatic carbocycles. The molecule has 1 fully saturated rings. The van der Waals surface area contributed by atoms with Crippen LogP contribution >= 0.6 is 0 Å². The number of ketones is 1. The van der Waals surface area contributed by atoms with E-state index in [0.29, 0.717) is 54.5 Å². The highest BCUT2D eigenvalue weighted by molar-refractivity contribution is 6.05. The molecule has 1 N–H and O–H groups in total. The zero-order valence-corrected chi connectivity index (χ0v) is 16.7. The lowest BCUT2D eigenvalue weighted by Crippen LogP contribution is -2.50. The number of ether oxygens (including phenoxy) is 2. The summed E-state index contributed by atoms with van der Waals surface area (Å²) in [7, 11) is 0. The topological polar surface area (TPSA) is 88.2 Å². The Morgan fingerprint density at radius 3 is 2.30 bits per heavy atom. The first-order valence-electron chi connectivity index (χ1n) is 9.82. The number of nitrogens with zero attached hydrogens (tertiary/aromatic N) is 2. The van der Waals surface area contributed by atoms with E-state index in [4.69, 9.17) is 9.47 Å². The lowest BCUT2D eigenvalue weighted by molar-refractivity contribution is -0.117. The van der Waals surface area contributed by atoms with Crippen LogP contribution in [0.4, 0.5) is 5.69 Å². The second kappa shape index (κ2) is 8.54. The maximum Gasteiger partial charge on any atom is 0.253 e. The van der Waals surface area contributed by atoms with Crippen molar-refractivity contribution < 1.29 is 23.9 Å². The first-order chi connectivity index (χ1) is 14.5. The molecule has 156 valence electrons. The Bertz CT molecular complexity index is 968. The molecule has 2 aromatic rings. The van der Waals surface area contributed by atoms with Crippen molar-refractivity contribution >= 4 is 23.3 Å². The Labute approximate surface area is 174 Å². The number of Topliss-reactive ketones (excluding diaryl/α,β-unsaturated/α-hetero) is 1. The second-order valence-corrected chi connectivity index (χ2v) is 7.29. The van der Waals surface area contributed by atoms with Gasteiger partial charge in [0.1, 0.15) is 0 Å². The summed E-state index contributed by atoms with van der Waals surface area (Å²) in [5.74, 6) is 0.614. The molecule has 1 saturated heterocycles. The minimum Gasteiger partial charge on any atom is -0.454 e. The van der Waals surface area contributed by atoms with Crippen LogP contribution in [0.25, 0.3) is 0 Å². The van der Waals surface area contributed by atoms with Gasteiger partial charge in [-0.15, -0.1) is 0 Å². The molecule has 2 amide bonds. The van der Waals surface area contributed by atoms with Crippen LogP contribution in [0.3, 0.4) is 0 Å². The number of nitrogens with one attached hydrogen (secondary N) is 1. The smallest absolute Gasteiger partial charge is 0.253 e. The van der Waals surface area contributed by atoms with E-state index in [1.807, 2.05) is 23.1 Å². The Morgan fingerprint density at radius 1 is 0.967 bits per heavy atom. The highest BCUT2D eigenvalue weighted by atomic mass is 16.7. The molecule has 0 saturated carbocycles. The highest BCUT2D eigenvalue weighted by Gasteiger charge is 2.24. The molecule has 30 heavy (non-hydrogen) atoms. The van der Waals surface area contributed by atoms with Crippen LogP contribution in [0.5, 0.6) is 11.5 Å². The van der Waals surface area contributed by atoms with Crippen LogP contribution in [-0.4, -0.2) is 66.9 Å². The molecule has 8 nitrogen and oxygen atoms in total. The van der Waals surface area contributed by atoms with E-state index >= 15 is 0 Å². The third-order valence-electron chi connectivity index (χ3n) is 5.21. The molecular weight excluding hydrogens is 386 g/mol. The van der Waals surface area contributed by atoms with Gasteiger partial charge >= 0.3 is 0 Å². The molecule has 8 heteroatoms. The third-order valence-corrected chi connectivity index (χ3v) is 5.21. The minimum absolute atomic E-state index is 0.00571. The number of anilines is 1. The van der Waals surface area contributed by atoms with Gasteiger partial charge in [-0.05, 0) is 25.1 Å². The van der Waals surface area contributed by atoms with Crippen LogP contribution < -0.4 is 14.8 Å².